The van der Waals surface area contributed by atoms with E-state index in [2.05, 4.69) is 11.5 Å². The molecular weight excluding hydrogens is 234 g/mol. The van der Waals surface area contributed by atoms with Gasteiger partial charge in [0.25, 0.3) is 0 Å². The van der Waals surface area contributed by atoms with E-state index in [0.29, 0.717) is 16.7 Å². The van der Waals surface area contributed by atoms with E-state index in [-0.39, 0.29) is 0 Å². The first-order chi connectivity index (χ1) is 8.15. The lowest BCUT2D eigenvalue weighted by Crippen LogP contribution is -2.33. The van der Waals surface area contributed by atoms with Gasteiger partial charge in [-0.15, -0.1) is 0 Å². The number of nitrogens with zero attached hydrogens (tertiary/aromatic N) is 1. The van der Waals surface area contributed by atoms with E-state index < -0.39 is 0 Å². The number of hydrogen-bond donors (Lipinski definition) is 1. The molecule has 92 valence electrons. The van der Waals surface area contributed by atoms with Gasteiger partial charge >= 0.3 is 0 Å². The van der Waals surface area contributed by atoms with Gasteiger partial charge < -0.3 is 5.11 Å². The number of aromatic hydroxyl groups is 1. The molecule has 0 saturated carbocycles. The SMILES string of the molecule is C=C(Cl)CN1CCC(c2ccc(O)cc2)CC1. The number of piperidine rings is 1. The van der Waals surface area contributed by atoms with Crippen LogP contribution in [0.4, 0.5) is 0 Å². The molecule has 1 aromatic carbocycles. The Labute approximate surface area is 108 Å². The molecule has 0 unspecified atom stereocenters. The highest BCUT2D eigenvalue weighted by Gasteiger charge is 2.20. The summed E-state index contributed by atoms with van der Waals surface area (Å²) in [6, 6.07) is 7.58. The molecule has 0 bridgehead atoms. The first-order valence-electron chi connectivity index (χ1n) is 5.99. The Hall–Kier alpha value is -0.990. The highest BCUT2D eigenvalue weighted by atomic mass is 35.5. The van der Waals surface area contributed by atoms with Gasteiger partial charge in [0.05, 0.1) is 0 Å². The van der Waals surface area contributed by atoms with Gasteiger partial charge in [-0.3, -0.25) is 4.90 Å². The molecule has 1 heterocycles. The molecule has 1 aliphatic rings. The molecule has 0 aliphatic carbocycles. The summed E-state index contributed by atoms with van der Waals surface area (Å²) < 4.78 is 0. The van der Waals surface area contributed by atoms with Gasteiger partial charge in [0.15, 0.2) is 0 Å². The quantitative estimate of drug-likeness (QED) is 0.891. The Morgan fingerprint density at radius 3 is 2.41 bits per heavy atom. The fraction of sp³-hybridized carbons (Fsp3) is 0.429. The summed E-state index contributed by atoms with van der Waals surface area (Å²) in [6.07, 6.45) is 2.30. The second-order valence-corrected chi connectivity index (χ2v) is 5.19. The predicted octanol–water partition coefficient (Wildman–Crippen LogP) is 3.32. The van der Waals surface area contributed by atoms with Gasteiger partial charge in [-0.05, 0) is 49.5 Å². The number of likely N-dealkylation sites (tertiary alicyclic amines) is 1. The fourth-order valence-corrected chi connectivity index (χ4v) is 2.58. The van der Waals surface area contributed by atoms with Gasteiger partial charge in [0.2, 0.25) is 0 Å². The second-order valence-electron chi connectivity index (χ2n) is 4.66. The molecule has 1 N–H and O–H groups in total. The van der Waals surface area contributed by atoms with Crippen molar-refractivity contribution < 1.29 is 5.11 Å². The Kier molecular flexibility index (Phi) is 4.08. The van der Waals surface area contributed by atoms with E-state index in [1.165, 1.54) is 5.56 Å². The third kappa shape index (κ3) is 3.48. The number of hydrogen-bond acceptors (Lipinski definition) is 2. The molecular formula is C14H18ClNO. The van der Waals surface area contributed by atoms with Crippen molar-refractivity contribution in [1.29, 1.82) is 0 Å². The standard InChI is InChI=1S/C14H18ClNO/c1-11(15)10-16-8-6-13(7-9-16)12-2-4-14(17)5-3-12/h2-5,13,17H,1,6-10H2. The molecule has 2 nitrogen and oxygen atoms in total. The average molecular weight is 252 g/mol. The lowest BCUT2D eigenvalue weighted by molar-refractivity contribution is 0.231. The van der Waals surface area contributed by atoms with Crippen LogP contribution in [0.15, 0.2) is 35.9 Å². The zero-order chi connectivity index (χ0) is 12.3. The molecule has 1 aromatic rings. The minimum Gasteiger partial charge on any atom is -0.508 e. The maximum absolute atomic E-state index is 9.26. The minimum absolute atomic E-state index is 0.338. The molecule has 0 radical (unpaired) electrons. The fourth-order valence-electron chi connectivity index (χ4n) is 2.41. The van der Waals surface area contributed by atoms with Crippen molar-refractivity contribution in [1.82, 2.24) is 4.90 Å². The van der Waals surface area contributed by atoms with Crippen molar-refractivity contribution in [2.24, 2.45) is 0 Å². The van der Waals surface area contributed by atoms with Crippen LogP contribution in [0, 0.1) is 0 Å². The number of benzene rings is 1. The van der Waals surface area contributed by atoms with Crippen LogP contribution in [0.25, 0.3) is 0 Å². The molecule has 1 saturated heterocycles. The van der Waals surface area contributed by atoms with Crippen molar-refractivity contribution in [3.05, 3.63) is 41.4 Å². The molecule has 0 atom stereocenters. The highest BCUT2D eigenvalue weighted by molar-refractivity contribution is 6.29. The summed E-state index contributed by atoms with van der Waals surface area (Å²) >= 11 is 5.82. The van der Waals surface area contributed by atoms with E-state index >= 15 is 0 Å². The van der Waals surface area contributed by atoms with Crippen LogP contribution in [-0.2, 0) is 0 Å². The van der Waals surface area contributed by atoms with Gasteiger partial charge in [-0.2, -0.15) is 0 Å². The number of halogens is 1. The monoisotopic (exact) mass is 251 g/mol. The summed E-state index contributed by atoms with van der Waals surface area (Å²) in [4.78, 5) is 2.34. The van der Waals surface area contributed by atoms with Crippen LogP contribution in [0.1, 0.15) is 24.3 Å². The maximum atomic E-state index is 9.26. The summed E-state index contributed by atoms with van der Waals surface area (Å²) in [5.74, 6) is 0.945. The average Bonchev–Trinajstić information content (AvgIpc) is 2.30. The van der Waals surface area contributed by atoms with Crippen LogP contribution in [0.5, 0.6) is 5.75 Å². The molecule has 0 amide bonds. The summed E-state index contributed by atoms with van der Waals surface area (Å²) in [6.45, 7) is 6.66. The van der Waals surface area contributed by atoms with Gasteiger partial charge in [0.1, 0.15) is 5.75 Å². The van der Waals surface area contributed by atoms with Crippen LogP contribution < -0.4 is 0 Å². The predicted molar refractivity (Wildman–Crippen MR) is 71.5 cm³/mol. The number of rotatable bonds is 3. The van der Waals surface area contributed by atoms with Gasteiger partial charge in [-0.25, -0.2) is 0 Å². The molecule has 0 spiro atoms. The Morgan fingerprint density at radius 2 is 1.88 bits per heavy atom. The molecule has 3 heteroatoms. The third-order valence-electron chi connectivity index (χ3n) is 3.35. The highest BCUT2D eigenvalue weighted by Crippen LogP contribution is 2.29. The van der Waals surface area contributed by atoms with Crippen molar-refractivity contribution in [2.45, 2.75) is 18.8 Å². The van der Waals surface area contributed by atoms with Crippen molar-refractivity contribution in [3.63, 3.8) is 0 Å². The summed E-state index contributed by atoms with van der Waals surface area (Å²) in [7, 11) is 0. The zero-order valence-corrected chi connectivity index (χ0v) is 10.7. The lowest BCUT2D eigenvalue weighted by Gasteiger charge is -2.31. The maximum Gasteiger partial charge on any atom is 0.115 e. The zero-order valence-electron chi connectivity index (χ0n) is 9.90. The Bertz CT molecular complexity index is 380. The molecule has 1 aliphatic heterocycles. The van der Waals surface area contributed by atoms with Gasteiger partial charge in [0, 0.05) is 11.6 Å². The first kappa shape index (κ1) is 12.5. The van der Waals surface area contributed by atoms with Crippen molar-refractivity contribution >= 4 is 11.6 Å². The molecule has 1 fully saturated rings. The first-order valence-corrected chi connectivity index (χ1v) is 6.37. The third-order valence-corrected chi connectivity index (χ3v) is 3.47. The van der Waals surface area contributed by atoms with E-state index in [4.69, 9.17) is 11.6 Å². The van der Waals surface area contributed by atoms with Crippen molar-refractivity contribution in [3.8, 4) is 5.75 Å². The normalized spacial score (nSPS) is 18.2. The lowest BCUT2D eigenvalue weighted by atomic mass is 9.89. The van der Waals surface area contributed by atoms with Crippen LogP contribution in [-0.4, -0.2) is 29.6 Å². The van der Waals surface area contributed by atoms with E-state index in [0.717, 1.165) is 32.5 Å². The Morgan fingerprint density at radius 1 is 1.29 bits per heavy atom. The number of phenols is 1. The van der Waals surface area contributed by atoms with E-state index in [1.807, 2.05) is 12.1 Å². The van der Waals surface area contributed by atoms with Crippen LogP contribution in [0.2, 0.25) is 0 Å². The van der Waals surface area contributed by atoms with Crippen LogP contribution >= 0.6 is 11.6 Å². The summed E-state index contributed by atoms with van der Waals surface area (Å²) in [5, 5.41) is 9.98. The number of phenolic OH excluding ortho intramolecular Hbond substituents is 1. The van der Waals surface area contributed by atoms with Crippen LogP contribution in [0.3, 0.4) is 0 Å². The smallest absolute Gasteiger partial charge is 0.115 e. The molecule has 0 aromatic heterocycles. The van der Waals surface area contributed by atoms with Gasteiger partial charge in [-0.1, -0.05) is 30.3 Å². The second kappa shape index (κ2) is 5.56. The topological polar surface area (TPSA) is 23.5 Å². The van der Waals surface area contributed by atoms with E-state index in [9.17, 15) is 5.11 Å². The van der Waals surface area contributed by atoms with E-state index in [1.54, 1.807) is 12.1 Å². The molecule has 17 heavy (non-hydrogen) atoms. The molecule has 2 rings (SSSR count). The minimum atomic E-state index is 0.338. The largest absolute Gasteiger partial charge is 0.508 e. The van der Waals surface area contributed by atoms with Crippen molar-refractivity contribution in [2.75, 3.05) is 19.6 Å². The Balaban J connectivity index is 1.90. The summed E-state index contributed by atoms with van der Waals surface area (Å²) in [5.41, 5.74) is 1.33.